The molecule has 34 heavy (non-hydrogen) atoms. The van der Waals surface area contributed by atoms with Crippen LogP contribution in [0.1, 0.15) is 40.1 Å². The van der Waals surface area contributed by atoms with Crippen molar-refractivity contribution in [1.29, 1.82) is 0 Å². The van der Waals surface area contributed by atoms with Crippen LogP contribution in [0.3, 0.4) is 0 Å². The van der Waals surface area contributed by atoms with Gasteiger partial charge in [0.25, 0.3) is 5.91 Å². The fourth-order valence-electron chi connectivity index (χ4n) is 3.64. The summed E-state index contributed by atoms with van der Waals surface area (Å²) in [6.07, 6.45) is -9.78. The van der Waals surface area contributed by atoms with Gasteiger partial charge in [0.05, 0.1) is 6.04 Å². The number of halogens is 6. The number of alkyl halides is 6. The van der Waals surface area contributed by atoms with Crippen molar-refractivity contribution in [2.45, 2.75) is 38.0 Å². The van der Waals surface area contributed by atoms with E-state index >= 15 is 0 Å². The molecule has 0 spiro atoms. The number of carbonyl (C=O) groups is 1. The topological polar surface area (TPSA) is 68.2 Å². The fourth-order valence-corrected chi connectivity index (χ4v) is 3.64. The highest BCUT2D eigenvalue weighted by Crippen LogP contribution is 2.43. The van der Waals surface area contributed by atoms with E-state index in [-0.39, 0.29) is 23.6 Å². The van der Waals surface area contributed by atoms with Crippen molar-refractivity contribution < 1.29 is 35.9 Å². The number of carbonyl (C=O) groups excluding carboxylic acids is 1. The van der Waals surface area contributed by atoms with Gasteiger partial charge < -0.3 is 15.4 Å². The van der Waals surface area contributed by atoms with Crippen molar-refractivity contribution in [2.24, 2.45) is 0 Å². The van der Waals surface area contributed by atoms with Crippen molar-refractivity contribution in [3.05, 3.63) is 71.4 Å². The molecule has 2 atom stereocenters. The molecule has 2 heterocycles. The number of anilines is 2. The van der Waals surface area contributed by atoms with Crippen molar-refractivity contribution in [2.75, 3.05) is 10.6 Å². The molecular weight excluding hydrogens is 466 g/mol. The van der Waals surface area contributed by atoms with E-state index in [0.29, 0.717) is 5.56 Å². The minimum atomic E-state index is -4.86. The molecule has 0 saturated heterocycles. The van der Waals surface area contributed by atoms with Crippen molar-refractivity contribution >= 4 is 17.4 Å². The van der Waals surface area contributed by atoms with Crippen LogP contribution in [-0.4, -0.2) is 28.2 Å². The molecule has 0 aliphatic carbocycles. The molecule has 4 rings (SSSR count). The normalized spacial score (nSPS) is 18.1. The Morgan fingerprint density at radius 3 is 2.29 bits per heavy atom. The fraction of sp³-hybridized carbons (Fsp3) is 0.273. The van der Waals surface area contributed by atoms with Crippen LogP contribution in [0.2, 0.25) is 0 Å². The summed E-state index contributed by atoms with van der Waals surface area (Å²) in [6, 6.07) is 10.0. The van der Waals surface area contributed by atoms with Gasteiger partial charge in [0, 0.05) is 18.2 Å². The average Bonchev–Trinajstić information content (AvgIpc) is 3.17. The first-order valence-corrected chi connectivity index (χ1v) is 10.1. The number of rotatable bonds is 4. The number of ether oxygens (including phenoxy) is 1. The summed E-state index contributed by atoms with van der Waals surface area (Å²) >= 11 is 0. The predicted octanol–water partition coefficient (Wildman–Crippen LogP) is 6.00. The van der Waals surface area contributed by atoms with Gasteiger partial charge in [0.2, 0.25) is 0 Å². The Balaban J connectivity index is 1.55. The molecule has 0 unspecified atom stereocenters. The Labute approximate surface area is 189 Å². The van der Waals surface area contributed by atoms with E-state index < -0.39 is 36.3 Å². The second-order valence-corrected chi connectivity index (χ2v) is 7.79. The molecule has 0 fully saturated rings. The van der Waals surface area contributed by atoms with E-state index in [1.54, 1.807) is 24.3 Å². The maximum absolute atomic E-state index is 13.8. The van der Waals surface area contributed by atoms with Gasteiger partial charge in [0.15, 0.2) is 11.7 Å². The number of aromatic nitrogens is 2. The molecule has 1 aromatic heterocycles. The van der Waals surface area contributed by atoms with Crippen LogP contribution in [0.25, 0.3) is 0 Å². The van der Waals surface area contributed by atoms with E-state index in [1.165, 1.54) is 18.2 Å². The average molecular weight is 484 g/mol. The van der Waals surface area contributed by atoms with Crippen molar-refractivity contribution in [3.8, 4) is 5.75 Å². The van der Waals surface area contributed by atoms with E-state index in [4.69, 9.17) is 0 Å². The third kappa shape index (κ3) is 5.26. The minimum Gasteiger partial charge on any atom is -0.406 e. The molecule has 2 aromatic carbocycles. The van der Waals surface area contributed by atoms with Crippen LogP contribution < -0.4 is 15.4 Å². The summed E-state index contributed by atoms with van der Waals surface area (Å²) in [7, 11) is 0. The quantitative estimate of drug-likeness (QED) is 0.446. The number of aryl methyl sites for hydroxylation is 1. The maximum atomic E-state index is 13.8. The van der Waals surface area contributed by atoms with Gasteiger partial charge in [-0.3, -0.25) is 4.79 Å². The predicted molar refractivity (Wildman–Crippen MR) is 111 cm³/mol. The molecule has 6 nitrogen and oxygen atoms in total. The summed E-state index contributed by atoms with van der Waals surface area (Å²) < 4.78 is 82.7. The van der Waals surface area contributed by atoms with Crippen LogP contribution in [0, 0.1) is 6.92 Å². The number of benzene rings is 2. The first-order chi connectivity index (χ1) is 15.9. The van der Waals surface area contributed by atoms with Gasteiger partial charge in [-0.15, -0.1) is 13.2 Å². The van der Waals surface area contributed by atoms with Crippen LogP contribution in [0.4, 0.5) is 37.8 Å². The lowest BCUT2D eigenvalue weighted by atomic mass is 9.96. The van der Waals surface area contributed by atoms with Gasteiger partial charge in [-0.05, 0) is 36.8 Å². The first kappa shape index (κ1) is 23.5. The number of hydrogen-bond acceptors (Lipinski definition) is 4. The molecule has 180 valence electrons. The zero-order valence-corrected chi connectivity index (χ0v) is 17.5. The number of hydrogen-bond donors (Lipinski definition) is 2. The van der Waals surface area contributed by atoms with E-state index in [1.807, 2.05) is 6.92 Å². The zero-order chi connectivity index (χ0) is 24.7. The van der Waals surface area contributed by atoms with Gasteiger partial charge in [-0.1, -0.05) is 29.8 Å². The molecule has 0 radical (unpaired) electrons. The maximum Gasteiger partial charge on any atom is 0.573 e. The molecule has 3 aromatic rings. The smallest absolute Gasteiger partial charge is 0.406 e. The summed E-state index contributed by atoms with van der Waals surface area (Å²) in [5.74, 6) is -1.28. The van der Waals surface area contributed by atoms with Gasteiger partial charge >= 0.3 is 12.5 Å². The SMILES string of the molecule is Cc1ccc([C@@H]2C[C@H](C(F)(F)F)n3nc(C(=O)Nc4ccc(OC(F)(F)F)cc4)cc3N2)cc1. The molecule has 1 aliphatic heterocycles. The summed E-state index contributed by atoms with van der Waals surface area (Å²) in [4.78, 5) is 12.6. The standard InChI is InChI=1S/C22H18F6N4O2/c1-12-2-4-13(5-3-12)16-10-18(21(23,24)25)32-19(30-16)11-17(31-32)20(33)29-14-6-8-15(9-7-14)34-22(26,27)28/h2-9,11,16,18,30H,10H2,1H3,(H,29,33)/t16-,18+/m0/s1. The van der Waals surface area contributed by atoms with Crippen molar-refractivity contribution in [3.63, 3.8) is 0 Å². The number of nitrogens with zero attached hydrogens (tertiary/aromatic N) is 2. The van der Waals surface area contributed by atoms with Crippen LogP contribution >= 0.6 is 0 Å². The van der Waals surface area contributed by atoms with E-state index in [2.05, 4.69) is 20.5 Å². The molecule has 1 aliphatic rings. The van der Waals surface area contributed by atoms with E-state index in [0.717, 1.165) is 22.4 Å². The third-order valence-corrected chi connectivity index (χ3v) is 5.25. The Morgan fingerprint density at radius 2 is 1.71 bits per heavy atom. The van der Waals surface area contributed by atoms with Crippen LogP contribution in [0.15, 0.2) is 54.6 Å². The molecule has 1 amide bonds. The van der Waals surface area contributed by atoms with E-state index in [9.17, 15) is 31.1 Å². The highest BCUT2D eigenvalue weighted by Gasteiger charge is 2.46. The Bertz CT molecular complexity index is 1170. The largest absolute Gasteiger partial charge is 0.573 e. The Morgan fingerprint density at radius 1 is 1.06 bits per heavy atom. The van der Waals surface area contributed by atoms with Gasteiger partial charge in [-0.25, -0.2) is 4.68 Å². The number of nitrogens with one attached hydrogen (secondary N) is 2. The van der Waals surface area contributed by atoms with Crippen LogP contribution in [-0.2, 0) is 0 Å². The lowest BCUT2D eigenvalue weighted by Crippen LogP contribution is -2.35. The van der Waals surface area contributed by atoms with Gasteiger partial charge in [-0.2, -0.15) is 18.3 Å². The highest BCUT2D eigenvalue weighted by molar-refractivity contribution is 6.03. The molecule has 0 saturated carbocycles. The molecule has 2 N–H and O–H groups in total. The molecular formula is C22H18F6N4O2. The second-order valence-electron chi connectivity index (χ2n) is 7.79. The van der Waals surface area contributed by atoms with Crippen LogP contribution in [0.5, 0.6) is 5.75 Å². The van der Waals surface area contributed by atoms with Gasteiger partial charge in [0.1, 0.15) is 11.6 Å². The van der Waals surface area contributed by atoms with Crippen molar-refractivity contribution in [1.82, 2.24) is 9.78 Å². The number of fused-ring (bicyclic) bond motifs is 1. The summed E-state index contributed by atoms with van der Waals surface area (Å²) in [6.45, 7) is 1.87. The Hall–Kier alpha value is -3.70. The molecule has 0 bridgehead atoms. The number of amides is 1. The summed E-state index contributed by atoms with van der Waals surface area (Å²) in [5, 5.41) is 9.25. The second kappa shape index (κ2) is 8.58. The molecule has 12 heteroatoms. The minimum absolute atomic E-state index is 0.0261. The Kier molecular flexibility index (Phi) is 5.92. The lowest BCUT2D eigenvalue weighted by Gasteiger charge is -2.33. The first-order valence-electron chi connectivity index (χ1n) is 10.1. The summed E-state index contributed by atoms with van der Waals surface area (Å²) in [5.41, 5.74) is 1.47. The highest BCUT2D eigenvalue weighted by atomic mass is 19.4. The third-order valence-electron chi connectivity index (χ3n) is 5.25. The zero-order valence-electron chi connectivity index (χ0n) is 17.5. The lowest BCUT2D eigenvalue weighted by molar-refractivity contribution is -0.274. The monoisotopic (exact) mass is 484 g/mol.